The molecule has 0 unspecified atom stereocenters. The van der Waals surface area contributed by atoms with Crippen molar-refractivity contribution in [1.29, 1.82) is 0 Å². The number of benzene rings is 1. The van der Waals surface area contributed by atoms with Crippen LogP contribution in [0.4, 0.5) is 0 Å². The Morgan fingerprint density at radius 3 is 2.65 bits per heavy atom. The Labute approximate surface area is 110 Å². The number of nitrogens with one attached hydrogen (secondary N) is 1. The first-order valence-electron chi connectivity index (χ1n) is 5.83. The first-order chi connectivity index (χ1) is 8.24. The van der Waals surface area contributed by atoms with E-state index < -0.39 is 0 Å². The molecule has 1 aliphatic rings. The monoisotopic (exact) mass is 269 g/mol. The Kier molecular flexibility index (Phi) is 3.03. The molecular weight excluding hydrogens is 257 g/mol. The Bertz CT molecular complexity index is 544. The van der Waals surface area contributed by atoms with Gasteiger partial charge in [-0.2, -0.15) is 0 Å². The van der Waals surface area contributed by atoms with Gasteiger partial charge < -0.3 is 9.73 Å². The number of hydrogen-bond donors (Lipinski definition) is 1. The fourth-order valence-electron chi connectivity index (χ4n) is 2.40. The summed E-state index contributed by atoms with van der Waals surface area (Å²) in [5, 5.41) is 5.59. The van der Waals surface area contributed by atoms with Gasteiger partial charge in [0.2, 0.25) is 0 Å². The maximum atomic E-state index is 6.12. The highest BCUT2D eigenvalue weighted by molar-refractivity contribution is 6.38. The van der Waals surface area contributed by atoms with Crippen molar-refractivity contribution in [2.24, 2.45) is 0 Å². The topological polar surface area (TPSA) is 25.2 Å². The second-order valence-electron chi connectivity index (χ2n) is 4.48. The van der Waals surface area contributed by atoms with E-state index in [1.165, 1.54) is 0 Å². The second kappa shape index (κ2) is 4.52. The Balaban J connectivity index is 2.03. The highest BCUT2D eigenvalue weighted by atomic mass is 35.5. The van der Waals surface area contributed by atoms with Gasteiger partial charge in [-0.1, -0.05) is 23.2 Å². The summed E-state index contributed by atoms with van der Waals surface area (Å²) in [5.41, 5.74) is 0.754. The molecular formula is C13H13Cl2NO. The van der Waals surface area contributed by atoms with Crippen LogP contribution in [0.3, 0.4) is 0 Å². The molecule has 3 rings (SSSR count). The van der Waals surface area contributed by atoms with E-state index in [9.17, 15) is 0 Å². The van der Waals surface area contributed by atoms with Gasteiger partial charge in [-0.15, -0.1) is 0 Å². The fraction of sp³-hybridized carbons (Fsp3) is 0.385. The lowest BCUT2D eigenvalue weighted by atomic mass is 9.95. The van der Waals surface area contributed by atoms with Crippen molar-refractivity contribution in [3.63, 3.8) is 0 Å². The molecule has 90 valence electrons. The molecule has 1 aromatic carbocycles. The number of rotatable bonds is 1. The highest BCUT2D eigenvalue weighted by Gasteiger charge is 2.19. The molecule has 1 aliphatic heterocycles. The Morgan fingerprint density at radius 2 is 1.88 bits per heavy atom. The van der Waals surface area contributed by atoms with E-state index in [2.05, 4.69) is 11.4 Å². The van der Waals surface area contributed by atoms with Crippen LogP contribution in [0.5, 0.6) is 0 Å². The zero-order valence-electron chi connectivity index (χ0n) is 9.30. The minimum Gasteiger partial charge on any atom is -0.459 e. The molecule has 0 amide bonds. The van der Waals surface area contributed by atoms with Gasteiger partial charge in [-0.25, -0.2) is 0 Å². The molecule has 0 aliphatic carbocycles. The third-order valence-electron chi connectivity index (χ3n) is 3.30. The molecule has 2 aromatic rings. The van der Waals surface area contributed by atoms with Crippen LogP contribution in [0, 0.1) is 0 Å². The minimum atomic E-state index is 0.499. The summed E-state index contributed by atoms with van der Waals surface area (Å²) in [6, 6.07) is 5.70. The van der Waals surface area contributed by atoms with Gasteiger partial charge in [0.25, 0.3) is 0 Å². The third kappa shape index (κ3) is 2.17. The smallest absolute Gasteiger partial charge is 0.152 e. The SMILES string of the molecule is Clc1cc(Cl)c2oc(C3CCNCC3)cc2c1. The normalized spacial score (nSPS) is 17.8. The van der Waals surface area contributed by atoms with Crippen molar-refractivity contribution < 1.29 is 4.42 Å². The maximum absolute atomic E-state index is 6.12. The van der Waals surface area contributed by atoms with Gasteiger partial charge >= 0.3 is 0 Å². The van der Waals surface area contributed by atoms with Crippen LogP contribution in [0.25, 0.3) is 11.0 Å². The van der Waals surface area contributed by atoms with E-state index in [1.807, 2.05) is 6.07 Å². The maximum Gasteiger partial charge on any atom is 0.152 e. The molecule has 2 nitrogen and oxygen atoms in total. The number of halogens is 2. The number of fused-ring (bicyclic) bond motifs is 1. The molecule has 17 heavy (non-hydrogen) atoms. The van der Waals surface area contributed by atoms with Crippen LogP contribution >= 0.6 is 23.2 Å². The van der Waals surface area contributed by atoms with Crippen molar-refractivity contribution in [2.45, 2.75) is 18.8 Å². The second-order valence-corrected chi connectivity index (χ2v) is 5.32. The van der Waals surface area contributed by atoms with Crippen LogP contribution in [-0.2, 0) is 0 Å². The number of hydrogen-bond acceptors (Lipinski definition) is 2. The molecule has 2 heterocycles. The molecule has 0 bridgehead atoms. The lowest BCUT2D eigenvalue weighted by Gasteiger charge is -2.20. The minimum absolute atomic E-state index is 0.499. The van der Waals surface area contributed by atoms with Crippen molar-refractivity contribution >= 4 is 34.2 Å². The van der Waals surface area contributed by atoms with E-state index in [0.29, 0.717) is 16.0 Å². The average molecular weight is 270 g/mol. The Morgan fingerprint density at radius 1 is 1.12 bits per heavy atom. The van der Waals surface area contributed by atoms with Crippen LogP contribution in [0.15, 0.2) is 22.6 Å². The highest BCUT2D eigenvalue weighted by Crippen LogP contribution is 2.35. The summed E-state index contributed by atoms with van der Waals surface area (Å²) in [5.74, 6) is 1.53. The quantitative estimate of drug-likeness (QED) is 0.839. The number of furan rings is 1. The third-order valence-corrected chi connectivity index (χ3v) is 3.80. The van der Waals surface area contributed by atoms with Crippen molar-refractivity contribution in [3.05, 3.63) is 34.0 Å². The molecule has 0 atom stereocenters. The van der Waals surface area contributed by atoms with Crippen molar-refractivity contribution in [2.75, 3.05) is 13.1 Å². The first kappa shape index (κ1) is 11.4. The van der Waals surface area contributed by atoms with E-state index in [1.54, 1.807) is 6.07 Å². The molecule has 0 saturated carbocycles. The summed E-state index contributed by atoms with van der Waals surface area (Å²) in [7, 11) is 0. The van der Waals surface area contributed by atoms with E-state index in [-0.39, 0.29) is 0 Å². The average Bonchev–Trinajstić information content (AvgIpc) is 2.74. The molecule has 1 saturated heterocycles. The van der Waals surface area contributed by atoms with Gasteiger partial charge in [0, 0.05) is 16.3 Å². The van der Waals surface area contributed by atoms with Crippen LogP contribution in [0.2, 0.25) is 10.0 Å². The van der Waals surface area contributed by atoms with Gasteiger partial charge in [-0.05, 0) is 44.1 Å². The lowest BCUT2D eigenvalue weighted by molar-refractivity contribution is 0.397. The molecule has 1 aromatic heterocycles. The predicted molar refractivity (Wildman–Crippen MR) is 71.1 cm³/mol. The standard InChI is InChI=1S/C13H13Cl2NO/c14-10-5-9-6-12(8-1-3-16-4-2-8)17-13(9)11(15)7-10/h5-8,16H,1-4H2. The predicted octanol–water partition coefficient (Wildman–Crippen LogP) is 4.21. The van der Waals surface area contributed by atoms with Crippen molar-refractivity contribution in [1.82, 2.24) is 5.32 Å². The van der Waals surface area contributed by atoms with Crippen LogP contribution in [-0.4, -0.2) is 13.1 Å². The number of piperidine rings is 1. The summed E-state index contributed by atoms with van der Waals surface area (Å²) >= 11 is 12.1. The molecule has 1 fully saturated rings. The molecule has 0 radical (unpaired) electrons. The summed E-state index contributed by atoms with van der Waals surface area (Å²) in [6.45, 7) is 2.10. The van der Waals surface area contributed by atoms with Gasteiger partial charge in [0.05, 0.1) is 5.02 Å². The zero-order chi connectivity index (χ0) is 11.8. The van der Waals surface area contributed by atoms with Crippen molar-refractivity contribution in [3.8, 4) is 0 Å². The largest absolute Gasteiger partial charge is 0.459 e. The van der Waals surface area contributed by atoms with Gasteiger partial charge in [0.15, 0.2) is 5.58 Å². The van der Waals surface area contributed by atoms with E-state index >= 15 is 0 Å². The molecule has 1 N–H and O–H groups in total. The fourth-order valence-corrected chi connectivity index (χ4v) is 2.95. The summed E-state index contributed by atoms with van der Waals surface area (Å²) < 4.78 is 5.87. The summed E-state index contributed by atoms with van der Waals surface area (Å²) in [4.78, 5) is 0. The van der Waals surface area contributed by atoms with Crippen LogP contribution < -0.4 is 5.32 Å². The van der Waals surface area contributed by atoms with E-state index in [4.69, 9.17) is 27.6 Å². The van der Waals surface area contributed by atoms with Gasteiger partial charge in [0.1, 0.15) is 5.76 Å². The first-order valence-corrected chi connectivity index (χ1v) is 6.59. The van der Waals surface area contributed by atoms with Gasteiger partial charge in [-0.3, -0.25) is 0 Å². The lowest BCUT2D eigenvalue weighted by Crippen LogP contribution is -2.26. The molecule has 4 heteroatoms. The molecule has 0 spiro atoms. The Hall–Kier alpha value is -0.700. The zero-order valence-corrected chi connectivity index (χ0v) is 10.8. The van der Waals surface area contributed by atoms with Crippen LogP contribution in [0.1, 0.15) is 24.5 Å². The summed E-state index contributed by atoms with van der Waals surface area (Å²) in [6.07, 6.45) is 2.23. The van der Waals surface area contributed by atoms with E-state index in [0.717, 1.165) is 42.7 Å².